The molecule has 1 heterocycles. The number of hydrogen-bond acceptors (Lipinski definition) is 3. The van der Waals surface area contributed by atoms with Crippen LogP contribution in [0.2, 0.25) is 0 Å². The van der Waals surface area contributed by atoms with Crippen molar-refractivity contribution in [2.24, 2.45) is 5.92 Å². The van der Waals surface area contributed by atoms with Gasteiger partial charge in [-0.15, -0.1) is 0 Å². The average Bonchev–Trinajstić information content (AvgIpc) is 2.78. The molecule has 0 fully saturated rings. The van der Waals surface area contributed by atoms with E-state index in [0.29, 0.717) is 12.0 Å². The quantitative estimate of drug-likeness (QED) is 0.818. The molecule has 110 valence electrons. The molecule has 1 N–H and O–H groups in total. The van der Waals surface area contributed by atoms with Crippen LogP contribution < -0.4 is 5.32 Å². The van der Waals surface area contributed by atoms with Gasteiger partial charge >= 0.3 is 0 Å². The topological polar surface area (TPSA) is 28.4 Å². The largest absolute Gasteiger partial charge is 0.468 e. The fourth-order valence-electron chi connectivity index (χ4n) is 2.26. The zero-order chi connectivity index (χ0) is 14.5. The first-order chi connectivity index (χ1) is 8.83. The summed E-state index contributed by atoms with van der Waals surface area (Å²) in [6.45, 7) is 16.4. The number of nitrogens with one attached hydrogen (secondary N) is 1. The molecule has 0 aliphatic carbocycles. The van der Waals surface area contributed by atoms with Gasteiger partial charge in [0.1, 0.15) is 5.76 Å². The Hall–Kier alpha value is -0.800. The summed E-state index contributed by atoms with van der Waals surface area (Å²) in [6, 6.07) is 4.53. The SMILES string of the molecule is CCN(Cc1ccco1)C(CNC(C)(C)C)C(C)C. The normalized spacial score (nSPS) is 14.3. The summed E-state index contributed by atoms with van der Waals surface area (Å²) in [5.41, 5.74) is 0.164. The Kier molecular flexibility index (Phi) is 6.08. The first-order valence-corrected chi connectivity index (χ1v) is 7.35. The number of nitrogens with zero attached hydrogens (tertiary/aromatic N) is 1. The molecule has 0 aromatic carbocycles. The van der Waals surface area contributed by atoms with E-state index in [1.54, 1.807) is 6.26 Å². The third kappa shape index (κ3) is 5.79. The molecule has 0 aliphatic rings. The summed E-state index contributed by atoms with van der Waals surface area (Å²) >= 11 is 0. The van der Waals surface area contributed by atoms with Crippen molar-refractivity contribution >= 4 is 0 Å². The van der Waals surface area contributed by atoms with E-state index >= 15 is 0 Å². The van der Waals surface area contributed by atoms with Crippen LogP contribution in [-0.2, 0) is 6.54 Å². The van der Waals surface area contributed by atoms with E-state index in [4.69, 9.17) is 4.42 Å². The summed E-state index contributed by atoms with van der Waals surface area (Å²) < 4.78 is 5.48. The Balaban J connectivity index is 2.66. The lowest BCUT2D eigenvalue weighted by Crippen LogP contribution is -2.49. The fourth-order valence-corrected chi connectivity index (χ4v) is 2.26. The van der Waals surface area contributed by atoms with E-state index in [1.807, 2.05) is 6.07 Å². The predicted molar refractivity (Wildman–Crippen MR) is 81.2 cm³/mol. The second-order valence-corrected chi connectivity index (χ2v) is 6.58. The van der Waals surface area contributed by atoms with Gasteiger partial charge < -0.3 is 9.73 Å². The number of furan rings is 1. The maximum Gasteiger partial charge on any atom is 0.117 e. The summed E-state index contributed by atoms with van der Waals surface area (Å²) in [5, 5.41) is 3.63. The second kappa shape index (κ2) is 7.11. The highest BCUT2D eigenvalue weighted by Crippen LogP contribution is 2.15. The second-order valence-electron chi connectivity index (χ2n) is 6.58. The molecule has 0 radical (unpaired) electrons. The summed E-state index contributed by atoms with van der Waals surface area (Å²) in [7, 11) is 0. The highest BCUT2D eigenvalue weighted by atomic mass is 16.3. The van der Waals surface area contributed by atoms with E-state index in [0.717, 1.165) is 25.4 Å². The molecule has 0 aliphatic heterocycles. The molecule has 0 bridgehead atoms. The van der Waals surface area contributed by atoms with Crippen molar-refractivity contribution in [1.82, 2.24) is 10.2 Å². The zero-order valence-corrected chi connectivity index (χ0v) is 13.4. The van der Waals surface area contributed by atoms with Crippen LogP contribution in [0.4, 0.5) is 0 Å². The van der Waals surface area contributed by atoms with Crippen LogP contribution >= 0.6 is 0 Å². The number of likely N-dealkylation sites (N-methyl/N-ethyl adjacent to an activating group) is 1. The van der Waals surface area contributed by atoms with Crippen molar-refractivity contribution in [2.75, 3.05) is 13.1 Å². The monoisotopic (exact) mass is 266 g/mol. The van der Waals surface area contributed by atoms with E-state index in [-0.39, 0.29) is 5.54 Å². The molecular weight excluding hydrogens is 236 g/mol. The zero-order valence-electron chi connectivity index (χ0n) is 13.4. The molecule has 0 amide bonds. The first kappa shape index (κ1) is 16.3. The third-order valence-corrected chi connectivity index (χ3v) is 3.43. The number of hydrogen-bond donors (Lipinski definition) is 1. The van der Waals surface area contributed by atoms with Gasteiger partial charge in [0.2, 0.25) is 0 Å². The van der Waals surface area contributed by atoms with Crippen LogP contribution in [0.3, 0.4) is 0 Å². The Morgan fingerprint density at radius 2 is 2.00 bits per heavy atom. The molecular formula is C16H30N2O. The fraction of sp³-hybridized carbons (Fsp3) is 0.750. The van der Waals surface area contributed by atoms with Gasteiger partial charge in [-0.1, -0.05) is 20.8 Å². The van der Waals surface area contributed by atoms with Crippen molar-refractivity contribution in [3.63, 3.8) is 0 Å². The Morgan fingerprint density at radius 3 is 2.42 bits per heavy atom. The van der Waals surface area contributed by atoms with Gasteiger partial charge in [0, 0.05) is 18.1 Å². The molecule has 3 nitrogen and oxygen atoms in total. The van der Waals surface area contributed by atoms with Crippen molar-refractivity contribution in [3.05, 3.63) is 24.2 Å². The molecule has 19 heavy (non-hydrogen) atoms. The van der Waals surface area contributed by atoms with Gasteiger partial charge in [-0.25, -0.2) is 0 Å². The van der Waals surface area contributed by atoms with Crippen molar-refractivity contribution in [2.45, 2.75) is 59.7 Å². The summed E-state index contributed by atoms with van der Waals surface area (Å²) in [4.78, 5) is 2.49. The van der Waals surface area contributed by atoms with Crippen LogP contribution in [0, 0.1) is 5.92 Å². The Labute approximate surface area is 118 Å². The maximum atomic E-state index is 5.48. The molecule has 1 unspecified atom stereocenters. The molecule has 0 saturated heterocycles. The van der Waals surface area contributed by atoms with E-state index < -0.39 is 0 Å². The van der Waals surface area contributed by atoms with Crippen LogP contribution in [0.25, 0.3) is 0 Å². The van der Waals surface area contributed by atoms with Crippen LogP contribution in [0.5, 0.6) is 0 Å². The average molecular weight is 266 g/mol. The Bertz CT molecular complexity index is 338. The van der Waals surface area contributed by atoms with E-state index in [1.165, 1.54) is 0 Å². The predicted octanol–water partition coefficient (Wildman–Crippen LogP) is 3.51. The van der Waals surface area contributed by atoms with Gasteiger partial charge in [-0.2, -0.15) is 0 Å². The molecule has 0 saturated carbocycles. The van der Waals surface area contributed by atoms with E-state index in [9.17, 15) is 0 Å². The smallest absolute Gasteiger partial charge is 0.117 e. The van der Waals surface area contributed by atoms with Gasteiger partial charge in [0.15, 0.2) is 0 Å². The van der Waals surface area contributed by atoms with E-state index in [2.05, 4.69) is 57.8 Å². The lowest BCUT2D eigenvalue weighted by molar-refractivity contribution is 0.134. The minimum atomic E-state index is 0.164. The molecule has 1 rings (SSSR count). The number of rotatable bonds is 7. The molecule has 0 spiro atoms. The van der Waals surface area contributed by atoms with Crippen LogP contribution in [0.1, 0.15) is 47.3 Å². The van der Waals surface area contributed by atoms with Gasteiger partial charge in [0.05, 0.1) is 12.8 Å². The lowest BCUT2D eigenvalue weighted by atomic mass is 10.00. The van der Waals surface area contributed by atoms with Gasteiger partial charge in [0.25, 0.3) is 0 Å². The molecule has 1 atom stereocenters. The Morgan fingerprint density at radius 1 is 1.32 bits per heavy atom. The van der Waals surface area contributed by atoms with Gasteiger partial charge in [-0.3, -0.25) is 4.90 Å². The third-order valence-electron chi connectivity index (χ3n) is 3.43. The van der Waals surface area contributed by atoms with Crippen LogP contribution in [-0.4, -0.2) is 29.6 Å². The van der Waals surface area contributed by atoms with Crippen molar-refractivity contribution < 1.29 is 4.42 Å². The summed E-state index contributed by atoms with van der Waals surface area (Å²) in [6.07, 6.45) is 1.75. The highest BCUT2D eigenvalue weighted by Gasteiger charge is 2.23. The molecule has 1 aromatic rings. The standard InChI is InChI=1S/C16H30N2O/c1-7-18(12-14-9-8-10-19-14)15(13(2)3)11-17-16(4,5)6/h8-10,13,15,17H,7,11-12H2,1-6H3. The van der Waals surface area contributed by atoms with Crippen molar-refractivity contribution in [1.29, 1.82) is 0 Å². The minimum Gasteiger partial charge on any atom is -0.468 e. The van der Waals surface area contributed by atoms with Crippen molar-refractivity contribution in [3.8, 4) is 0 Å². The highest BCUT2D eigenvalue weighted by molar-refractivity contribution is 4.98. The first-order valence-electron chi connectivity index (χ1n) is 7.35. The minimum absolute atomic E-state index is 0.164. The van der Waals surface area contributed by atoms with Crippen LogP contribution in [0.15, 0.2) is 22.8 Å². The maximum absolute atomic E-state index is 5.48. The molecule has 3 heteroatoms. The van der Waals surface area contributed by atoms with Gasteiger partial charge in [-0.05, 0) is 45.4 Å². The summed E-state index contributed by atoms with van der Waals surface area (Å²) in [5.74, 6) is 1.66. The molecule has 1 aromatic heterocycles. The lowest BCUT2D eigenvalue weighted by Gasteiger charge is -2.35.